The molecule has 8 nitrogen and oxygen atoms in total. The van der Waals surface area contributed by atoms with Gasteiger partial charge >= 0.3 is 0 Å². The largest absolute Gasteiger partial charge is 0.359 e. The van der Waals surface area contributed by atoms with Gasteiger partial charge in [-0.15, -0.1) is 0 Å². The van der Waals surface area contributed by atoms with Gasteiger partial charge in [0.05, 0.1) is 17.9 Å². The zero-order valence-electron chi connectivity index (χ0n) is 23.0. The number of hydrogen-bond acceptors (Lipinski definition) is 5. The van der Waals surface area contributed by atoms with Crippen LogP contribution in [0.5, 0.6) is 0 Å². The van der Waals surface area contributed by atoms with E-state index in [1.807, 2.05) is 12.2 Å². The van der Waals surface area contributed by atoms with E-state index in [4.69, 9.17) is 16.3 Å². The van der Waals surface area contributed by atoms with Crippen molar-refractivity contribution in [2.24, 2.45) is 11.8 Å². The van der Waals surface area contributed by atoms with Crippen LogP contribution in [-0.4, -0.2) is 77.5 Å². The molecule has 0 aromatic heterocycles. The average Bonchev–Trinajstić information content (AvgIpc) is 3.55. The summed E-state index contributed by atoms with van der Waals surface area (Å²) >= 11 is 6.12. The number of nitrogens with one attached hydrogen (secondary N) is 2. The molecule has 1 aromatic rings. The van der Waals surface area contributed by atoms with E-state index < -0.39 is 29.6 Å². The molecule has 2 bridgehead atoms. The van der Waals surface area contributed by atoms with E-state index in [0.29, 0.717) is 23.8 Å². The highest BCUT2D eigenvalue weighted by atomic mass is 35.5. The summed E-state index contributed by atoms with van der Waals surface area (Å²) in [7, 11) is 0. The summed E-state index contributed by atoms with van der Waals surface area (Å²) in [4.78, 5) is 45.7. The van der Waals surface area contributed by atoms with Gasteiger partial charge in [0.25, 0.3) is 0 Å². The molecular weight excluding hydrogens is 516 g/mol. The number of amides is 3. The first kappa shape index (κ1) is 28.1. The van der Waals surface area contributed by atoms with Gasteiger partial charge < -0.3 is 25.2 Å². The Kier molecular flexibility index (Phi) is 8.64. The van der Waals surface area contributed by atoms with Crippen molar-refractivity contribution in [3.05, 3.63) is 41.4 Å². The summed E-state index contributed by atoms with van der Waals surface area (Å²) in [5, 5.41) is 6.70. The molecule has 1 aromatic carbocycles. The monoisotopic (exact) mass is 556 g/mol. The maximum absolute atomic E-state index is 14.1. The summed E-state index contributed by atoms with van der Waals surface area (Å²) in [5.41, 5.74) is -0.575. The molecule has 5 atom stereocenters. The maximum atomic E-state index is 14.1. The molecule has 3 aliphatic heterocycles. The maximum Gasteiger partial charge on any atom is 0.246 e. The van der Waals surface area contributed by atoms with Crippen molar-refractivity contribution >= 4 is 35.0 Å². The Labute approximate surface area is 236 Å². The number of nitrogens with zero attached hydrogens (tertiary/aromatic N) is 2. The van der Waals surface area contributed by atoms with Crippen molar-refractivity contribution in [3.63, 3.8) is 0 Å². The zero-order valence-corrected chi connectivity index (χ0v) is 23.8. The number of fused-ring (bicyclic) bond motifs is 1. The Hall–Kier alpha value is -2.42. The molecule has 1 aliphatic carbocycles. The fraction of sp³-hybridized carbons (Fsp3) is 0.633. The molecule has 3 amide bonds. The topological polar surface area (TPSA) is 91.0 Å². The van der Waals surface area contributed by atoms with Crippen LogP contribution in [0, 0.1) is 11.8 Å². The minimum atomic E-state index is -1.14. The summed E-state index contributed by atoms with van der Waals surface area (Å²) < 4.78 is 6.47. The molecule has 212 valence electrons. The second kappa shape index (κ2) is 12.0. The van der Waals surface area contributed by atoms with Crippen LogP contribution in [0.3, 0.4) is 0 Å². The third-order valence-electron chi connectivity index (χ3n) is 8.71. The summed E-state index contributed by atoms with van der Waals surface area (Å²) in [5.74, 6) is -2.11. The highest BCUT2D eigenvalue weighted by Crippen LogP contribution is 2.55. The van der Waals surface area contributed by atoms with Crippen molar-refractivity contribution in [2.45, 2.75) is 82.6 Å². The first-order valence-electron chi connectivity index (χ1n) is 14.6. The van der Waals surface area contributed by atoms with E-state index >= 15 is 0 Å². The van der Waals surface area contributed by atoms with Gasteiger partial charge in [0.1, 0.15) is 11.6 Å². The first-order valence-corrected chi connectivity index (χ1v) is 15.0. The highest BCUT2D eigenvalue weighted by molar-refractivity contribution is 6.30. The minimum absolute atomic E-state index is 0.111. The smallest absolute Gasteiger partial charge is 0.246 e. The molecule has 2 N–H and O–H groups in total. The lowest BCUT2D eigenvalue weighted by Crippen LogP contribution is -2.57. The van der Waals surface area contributed by atoms with Crippen LogP contribution in [0.25, 0.3) is 0 Å². The Balaban J connectivity index is 1.41. The second-order valence-electron chi connectivity index (χ2n) is 11.4. The molecule has 4 aliphatic rings. The molecule has 2 saturated heterocycles. The van der Waals surface area contributed by atoms with Crippen molar-refractivity contribution in [1.29, 1.82) is 0 Å². The molecule has 3 heterocycles. The fourth-order valence-electron chi connectivity index (χ4n) is 7.04. The third-order valence-corrected chi connectivity index (χ3v) is 8.94. The number of halogens is 1. The van der Waals surface area contributed by atoms with Gasteiger partial charge in [0.2, 0.25) is 17.7 Å². The molecule has 0 radical (unpaired) electrons. The standard InChI is InChI=1S/C30H41ClN4O4/c1-3-15-34(16-4-2)17-18-35-26(28(37)32-21-10-6-5-7-11-21)30-14-13-23(39-30)24(25(30)29(35)38)27(36)33-22-12-8-9-20(31)19-22/h8-9,12-14,19,21,23-26H,3-7,10-11,15-18H2,1-2H3,(H,32,37)(H,33,36)/t23-,24+,25-,26+,30-/m0/s1. The quantitative estimate of drug-likeness (QED) is 0.402. The van der Waals surface area contributed by atoms with Gasteiger partial charge in [-0.3, -0.25) is 14.4 Å². The molecule has 3 fully saturated rings. The van der Waals surface area contributed by atoms with Crippen molar-refractivity contribution in [1.82, 2.24) is 15.1 Å². The fourth-order valence-corrected chi connectivity index (χ4v) is 7.23. The van der Waals surface area contributed by atoms with E-state index in [1.165, 1.54) is 6.42 Å². The lowest BCUT2D eigenvalue weighted by molar-refractivity contribution is -0.141. The molecule has 5 rings (SSSR count). The lowest BCUT2D eigenvalue weighted by atomic mass is 9.74. The second-order valence-corrected chi connectivity index (χ2v) is 11.9. The van der Waals surface area contributed by atoms with Gasteiger partial charge in [-0.1, -0.05) is 62.9 Å². The Morgan fingerprint density at radius 3 is 2.54 bits per heavy atom. The number of hydrogen-bond donors (Lipinski definition) is 2. The van der Waals surface area contributed by atoms with E-state index in [-0.39, 0.29) is 23.8 Å². The number of carbonyl (C=O) groups is 3. The highest BCUT2D eigenvalue weighted by Gasteiger charge is 2.72. The summed E-state index contributed by atoms with van der Waals surface area (Å²) in [6, 6.07) is 6.26. The molecule has 1 spiro atoms. The van der Waals surface area contributed by atoms with E-state index in [2.05, 4.69) is 29.4 Å². The molecule has 9 heteroatoms. The van der Waals surface area contributed by atoms with Crippen LogP contribution in [0.2, 0.25) is 5.02 Å². The van der Waals surface area contributed by atoms with Gasteiger partial charge in [-0.2, -0.15) is 0 Å². The molecular formula is C30H41ClN4O4. The van der Waals surface area contributed by atoms with Crippen molar-refractivity contribution in [2.75, 3.05) is 31.5 Å². The number of ether oxygens (including phenoxy) is 1. The van der Waals surface area contributed by atoms with Gasteiger partial charge in [0, 0.05) is 29.8 Å². The van der Waals surface area contributed by atoms with Crippen molar-refractivity contribution in [3.8, 4) is 0 Å². The molecule has 1 saturated carbocycles. The van der Waals surface area contributed by atoms with Crippen LogP contribution in [0.15, 0.2) is 36.4 Å². The predicted octanol–water partition coefficient (Wildman–Crippen LogP) is 4.00. The normalized spacial score (nSPS) is 29.7. The molecule has 0 unspecified atom stereocenters. The SMILES string of the molecule is CCCN(CCC)CCN1C(=O)[C@@H]2[C@H](C(=O)Nc3cccc(Cl)c3)[C@@H]3C=C[C@@]2(O3)[C@H]1C(=O)NC1CCCCC1. The molecule has 39 heavy (non-hydrogen) atoms. The number of benzene rings is 1. The van der Waals surface area contributed by atoms with Crippen LogP contribution in [-0.2, 0) is 19.1 Å². The van der Waals surface area contributed by atoms with Crippen LogP contribution in [0.4, 0.5) is 5.69 Å². The number of anilines is 1. The first-order chi connectivity index (χ1) is 18.9. The Morgan fingerprint density at radius 1 is 1.10 bits per heavy atom. The van der Waals surface area contributed by atoms with E-state index in [0.717, 1.165) is 51.6 Å². The van der Waals surface area contributed by atoms with Gasteiger partial charge in [-0.05, 0) is 57.0 Å². The average molecular weight is 557 g/mol. The van der Waals surface area contributed by atoms with Gasteiger partial charge in [0.15, 0.2) is 0 Å². The zero-order chi connectivity index (χ0) is 27.6. The number of carbonyl (C=O) groups excluding carboxylic acids is 3. The van der Waals surface area contributed by atoms with Crippen LogP contribution >= 0.6 is 11.6 Å². The number of rotatable bonds is 11. The van der Waals surface area contributed by atoms with E-state index in [9.17, 15) is 14.4 Å². The summed E-state index contributed by atoms with van der Waals surface area (Å²) in [6.07, 6.45) is 10.5. The predicted molar refractivity (Wildman–Crippen MR) is 151 cm³/mol. The number of likely N-dealkylation sites (tertiary alicyclic amines) is 1. The van der Waals surface area contributed by atoms with E-state index in [1.54, 1.807) is 29.2 Å². The lowest BCUT2D eigenvalue weighted by Gasteiger charge is -2.35. The summed E-state index contributed by atoms with van der Waals surface area (Å²) in [6.45, 7) is 7.26. The third kappa shape index (κ3) is 5.48. The Morgan fingerprint density at radius 2 is 1.85 bits per heavy atom. The van der Waals surface area contributed by atoms with Gasteiger partial charge in [-0.25, -0.2) is 0 Å². The van der Waals surface area contributed by atoms with Crippen LogP contribution < -0.4 is 10.6 Å². The van der Waals surface area contributed by atoms with Crippen molar-refractivity contribution < 1.29 is 19.1 Å². The minimum Gasteiger partial charge on any atom is -0.359 e. The van der Waals surface area contributed by atoms with Crippen LogP contribution in [0.1, 0.15) is 58.8 Å². The Bertz CT molecular complexity index is 1100.